The minimum atomic E-state index is 0.0854. The molecular weight excluding hydrogens is 236 g/mol. The molecule has 1 saturated carbocycles. The lowest BCUT2D eigenvalue weighted by Gasteiger charge is -2.39. The van der Waals surface area contributed by atoms with E-state index in [1.165, 1.54) is 32.1 Å². The Morgan fingerprint density at radius 3 is 2.53 bits per heavy atom. The van der Waals surface area contributed by atoms with Crippen molar-refractivity contribution in [1.29, 1.82) is 0 Å². The van der Waals surface area contributed by atoms with Crippen molar-refractivity contribution >= 4 is 0 Å². The largest absolute Gasteiger partial charge is 0.508 e. The van der Waals surface area contributed by atoms with Gasteiger partial charge < -0.3 is 9.84 Å². The van der Waals surface area contributed by atoms with Crippen molar-refractivity contribution in [3.63, 3.8) is 0 Å². The van der Waals surface area contributed by atoms with Crippen LogP contribution >= 0.6 is 0 Å². The van der Waals surface area contributed by atoms with E-state index in [4.69, 9.17) is 4.74 Å². The number of aromatic hydroxyl groups is 1. The molecule has 0 bridgehead atoms. The molecule has 1 atom stereocenters. The minimum absolute atomic E-state index is 0.0854. The Kier molecular flexibility index (Phi) is 4.87. The van der Waals surface area contributed by atoms with Crippen LogP contribution in [0.4, 0.5) is 0 Å². The lowest BCUT2D eigenvalue weighted by Crippen LogP contribution is -2.38. The number of phenolic OH excluding ortho intramolecular Hbond substituents is 1. The third-order valence-electron chi connectivity index (χ3n) is 4.36. The lowest BCUT2D eigenvalue weighted by molar-refractivity contribution is -0.109. The standard InChI is InChI=1S/C17H26O2/c1-3-17(11-7-4-8-12-17)19-14(2)13-15-9-5-6-10-16(15)18/h5-6,9-10,14,18H,3-4,7-8,11-13H2,1-2H3. The first-order valence-corrected chi connectivity index (χ1v) is 7.60. The summed E-state index contributed by atoms with van der Waals surface area (Å²) in [6, 6.07) is 7.56. The molecule has 0 aliphatic heterocycles. The van der Waals surface area contributed by atoms with Gasteiger partial charge in [-0.2, -0.15) is 0 Å². The fourth-order valence-corrected chi connectivity index (χ4v) is 3.21. The van der Waals surface area contributed by atoms with Gasteiger partial charge in [-0.25, -0.2) is 0 Å². The van der Waals surface area contributed by atoms with Crippen molar-refractivity contribution in [2.45, 2.75) is 70.5 Å². The summed E-state index contributed by atoms with van der Waals surface area (Å²) in [7, 11) is 0. The van der Waals surface area contributed by atoms with Crippen LogP contribution in [0.25, 0.3) is 0 Å². The number of ether oxygens (including phenoxy) is 1. The molecule has 0 heterocycles. The van der Waals surface area contributed by atoms with Gasteiger partial charge in [-0.05, 0) is 37.8 Å². The molecule has 1 unspecified atom stereocenters. The van der Waals surface area contributed by atoms with Gasteiger partial charge in [0.15, 0.2) is 0 Å². The van der Waals surface area contributed by atoms with Crippen molar-refractivity contribution in [3.05, 3.63) is 29.8 Å². The molecule has 0 spiro atoms. The molecule has 0 radical (unpaired) electrons. The monoisotopic (exact) mass is 262 g/mol. The van der Waals surface area contributed by atoms with Crippen LogP contribution in [0.5, 0.6) is 5.75 Å². The molecule has 19 heavy (non-hydrogen) atoms. The zero-order chi connectivity index (χ0) is 13.7. The van der Waals surface area contributed by atoms with Crippen LogP contribution in [0.3, 0.4) is 0 Å². The third-order valence-corrected chi connectivity index (χ3v) is 4.36. The molecule has 2 heteroatoms. The molecular formula is C17H26O2. The maximum atomic E-state index is 9.83. The van der Waals surface area contributed by atoms with Crippen molar-refractivity contribution < 1.29 is 9.84 Å². The highest BCUT2D eigenvalue weighted by Gasteiger charge is 2.32. The highest BCUT2D eigenvalue weighted by molar-refractivity contribution is 5.32. The van der Waals surface area contributed by atoms with Crippen LogP contribution in [0, 0.1) is 0 Å². The second-order valence-electron chi connectivity index (χ2n) is 5.86. The maximum absolute atomic E-state index is 9.83. The molecule has 1 aliphatic rings. The second kappa shape index (κ2) is 6.42. The highest BCUT2D eigenvalue weighted by atomic mass is 16.5. The van der Waals surface area contributed by atoms with Crippen LogP contribution in [-0.4, -0.2) is 16.8 Å². The number of para-hydroxylation sites is 1. The van der Waals surface area contributed by atoms with E-state index in [0.29, 0.717) is 5.75 Å². The first-order chi connectivity index (χ1) is 9.15. The van der Waals surface area contributed by atoms with E-state index in [1.54, 1.807) is 6.07 Å². The average Bonchev–Trinajstić information content (AvgIpc) is 2.42. The topological polar surface area (TPSA) is 29.5 Å². The summed E-state index contributed by atoms with van der Waals surface area (Å²) in [5, 5.41) is 9.83. The van der Waals surface area contributed by atoms with E-state index in [-0.39, 0.29) is 11.7 Å². The van der Waals surface area contributed by atoms with E-state index in [2.05, 4.69) is 13.8 Å². The Morgan fingerprint density at radius 2 is 1.89 bits per heavy atom. The predicted molar refractivity (Wildman–Crippen MR) is 78.5 cm³/mol. The number of benzene rings is 1. The fraction of sp³-hybridized carbons (Fsp3) is 0.647. The molecule has 1 aromatic rings. The van der Waals surface area contributed by atoms with Crippen LogP contribution in [-0.2, 0) is 11.2 Å². The van der Waals surface area contributed by atoms with Crippen molar-refractivity contribution in [2.75, 3.05) is 0 Å². The summed E-state index contributed by atoms with van der Waals surface area (Å²) in [6.07, 6.45) is 8.34. The Morgan fingerprint density at radius 1 is 1.21 bits per heavy atom. The van der Waals surface area contributed by atoms with E-state index in [0.717, 1.165) is 18.4 Å². The minimum Gasteiger partial charge on any atom is -0.508 e. The van der Waals surface area contributed by atoms with Gasteiger partial charge in [0, 0.05) is 6.42 Å². The van der Waals surface area contributed by atoms with Gasteiger partial charge in [0.2, 0.25) is 0 Å². The average molecular weight is 262 g/mol. The summed E-state index contributed by atoms with van der Waals surface area (Å²) in [5.74, 6) is 0.382. The van der Waals surface area contributed by atoms with Crippen LogP contribution < -0.4 is 0 Å². The number of hydrogen-bond acceptors (Lipinski definition) is 2. The van der Waals surface area contributed by atoms with Gasteiger partial charge in [-0.15, -0.1) is 0 Å². The van der Waals surface area contributed by atoms with E-state index >= 15 is 0 Å². The van der Waals surface area contributed by atoms with Crippen molar-refractivity contribution in [2.24, 2.45) is 0 Å². The second-order valence-corrected chi connectivity index (χ2v) is 5.86. The third kappa shape index (κ3) is 3.73. The van der Waals surface area contributed by atoms with E-state index < -0.39 is 0 Å². The SMILES string of the molecule is CCC1(OC(C)Cc2ccccc2O)CCCCC1. The van der Waals surface area contributed by atoms with Crippen LogP contribution in [0.1, 0.15) is 57.9 Å². The van der Waals surface area contributed by atoms with Gasteiger partial charge >= 0.3 is 0 Å². The predicted octanol–water partition coefficient (Wildman–Crippen LogP) is 4.45. The van der Waals surface area contributed by atoms with Crippen LogP contribution in [0.2, 0.25) is 0 Å². The summed E-state index contributed by atoms with van der Waals surface area (Å²) >= 11 is 0. The van der Waals surface area contributed by atoms with E-state index in [9.17, 15) is 5.11 Å². The molecule has 2 nitrogen and oxygen atoms in total. The molecule has 0 amide bonds. The Bertz CT molecular complexity index is 394. The zero-order valence-electron chi connectivity index (χ0n) is 12.2. The maximum Gasteiger partial charge on any atom is 0.118 e. The van der Waals surface area contributed by atoms with Gasteiger partial charge in [-0.1, -0.05) is 44.4 Å². The fourth-order valence-electron chi connectivity index (χ4n) is 3.21. The van der Waals surface area contributed by atoms with Crippen molar-refractivity contribution in [1.82, 2.24) is 0 Å². The number of hydrogen-bond donors (Lipinski definition) is 1. The summed E-state index contributed by atoms with van der Waals surface area (Å²) < 4.78 is 6.38. The molecule has 0 aromatic heterocycles. The lowest BCUT2D eigenvalue weighted by atomic mass is 9.82. The summed E-state index contributed by atoms with van der Waals surface area (Å²) in [5.41, 5.74) is 1.07. The van der Waals surface area contributed by atoms with Crippen molar-refractivity contribution in [3.8, 4) is 5.75 Å². The van der Waals surface area contributed by atoms with Crippen LogP contribution in [0.15, 0.2) is 24.3 Å². The first kappa shape index (κ1) is 14.4. The Labute approximate surface area is 116 Å². The zero-order valence-corrected chi connectivity index (χ0v) is 12.2. The highest BCUT2D eigenvalue weighted by Crippen LogP contribution is 2.36. The molecule has 1 fully saturated rings. The molecule has 1 N–H and O–H groups in total. The van der Waals surface area contributed by atoms with Gasteiger partial charge in [0.05, 0.1) is 11.7 Å². The van der Waals surface area contributed by atoms with Gasteiger partial charge in [0.25, 0.3) is 0 Å². The molecule has 2 rings (SSSR count). The Balaban J connectivity index is 1.96. The smallest absolute Gasteiger partial charge is 0.118 e. The normalized spacial score (nSPS) is 20.1. The molecule has 1 aliphatic carbocycles. The molecule has 0 saturated heterocycles. The summed E-state index contributed by atoms with van der Waals surface area (Å²) in [4.78, 5) is 0. The number of phenols is 1. The number of rotatable bonds is 5. The first-order valence-electron chi connectivity index (χ1n) is 7.60. The van der Waals surface area contributed by atoms with Gasteiger partial charge in [-0.3, -0.25) is 0 Å². The molecule has 106 valence electrons. The van der Waals surface area contributed by atoms with Gasteiger partial charge in [0.1, 0.15) is 5.75 Å². The quantitative estimate of drug-likeness (QED) is 0.849. The summed E-state index contributed by atoms with van der Waals surface area (Å²) in [6.45, 7) is 4.36. The molecule has 1 aromatic carbocycles. The Hall–Kier alpha value is -1.02. The van der Waals surface area contributed by atoms with E-state index in [1.807, 2.05) is 18.2 Å².